The smallest absolute Gasteiger partial charge is 0.319 e. The number of ether oxygens (including phenoxy) is 1. The van der Waals surface area contributed by atoms with Crippen LogP contribution in [0.2, 0.25) is 0 Å². The first-order chi connectivity index (χ1) is 17.9. The highest BCUT2D eigenvalue weighted by Gasteiger charge is 2.54. The number of benzene rings is 1. The number of aryl methyl sites for hydroxylation is 2. The van der Waals surface area contributed by atoms with Crippen molar-refractivity contribution < 1.29 is 14.3 Å². The summed E-state index contributed by atoms with van der Waals surface area (Å²) in [6, 6.07) is 6.36. The van der Waals surface area contributed by atoms with Crippen LogP contribution >= 0.6 is 11.8 Å². The molecule has 0 spiro atoms. The molecule has 4 fully saturated rings. The molecule has 0 radical (unpaired) electrons. The molecule has 1 aromatic heterocycles. The van der Waals surface area contributed by atoms with E-state index in [0.717, 1.165) is 55.5 Å². The van der Waals surface area contributed by atoms with Gasteiger partial charge in [-0.1, -0.05) is 43.8 Å². The molecule has 4 aliphatic carbocycles. The molecule has 4 aliphatic rings. The minimum Gasteiger partial charge on any atom is -0.465 e. The summed E-state index contributed by atoms with van der Waals surface area (Å²) in [5.41, 5.74) is 3.25. The van der Waals surface area contributed by atoms with Gasteiger partial charge in [0.05, 0.1) is 18.8 Å². The summed E-state index contributed by atoms with van der Waals surface area (Å²) < 4.78 is 7.31. The van der Waals surface area contributed by atoms with Crippen molar-refractivity contribution in [3.8, 4) is 5.69 Å². The van der Waals surface area contributed by atoms with E-state index in [4.69, 9.17) is 4.74 Å². The van der Waals surface area contributed by atoms with Gasteiger partial charge in [-0.05, 0) is 94.1 Å². The van der Waals surface area contributed by atoms with Crippen LogP contribution < -0.4 is 5.32 Å². The van der Waals surface area contributed by atoms with Crippen molar-refractivity contribution in [1.82, 2.24) is 20.1 Å². The molecule has 1 atom stereocenters. The van der Waals surface area contributed by atoms with Gasteiger partial charge >= 0.3 is 5.97 Å². The lowest BCUT2D eigenvalue weighted by atomic mass is 9.49. The molecule has 0 aliphatic heterocycles. The lowest BCUT2D eigenvalue weighted by Crippen LogP contribution is -2.53. The molecule has 8 heteroatoms. The van der Waals surface area contributed by atoms with Crippen molar-refractivity contribution in [3.05, 3.63) is 35.2 Å². The number of nitrogens with zero attached hydrogens (tertiary/aromatic N) is 3. The number of aromatic nitrogens is 3. The van der Waals surface area contributed by atoms with Crippen LogP contribution in [0.4, 0.5) is 0 Å². The van der Waals surface area contributed by atoms with Gasteiger partial charge in [-0.2, -0.15) is 0 Å². The summed E-state index contributed by atoms with van der Waals surface area (Å²) >= 11 is 1.36. The van der Waals surface area contributed by atoms with E-state index in [-0.39, 0.29) is 17.3 Å². The second-order valence-corrected chi connectivity index (χ2v) is 12.6. The predicted molar refractivity (Wildman–Crippen MR) is 145 cm³/mol. The van der Waals surface area contributed by atoms with Crippen LogP contribution in [0.1, 0.15) is 83.2 Å². The number of esters is 1. The number of amides is 1. The quantitative estimate of drug-likeness (QED) is 0.337. The lowest BCUT2D eigenvalue weighted by molar-refractivity contribution is -0.146. The second kappa shape index (κ2) is 10.8. The van der Waals surface area contributed by atoms with Gasteiger partial charge in [0.25, 0.3) is 0 Å². The highest BCUT2D eigenvalue weighted by molar-refractivity contribution is 8.00. The van der Waals surface area contributed by atoms with Gasteiger partial charge in [0.1, 0.15) is 5.25 Å². The normalized spacial score (nSPS) is 26.8. The molecule has 1 unspecified atom stereocenters. The van der Waals surface area contributed by atoms with Gasteiger partial charge < -0.3 is 10.1 Å². The average Bonchev–Trinajstić information content (AvgIpc) is 3.27. The fraction of sp³-hybridized carbons (Fsp3) is 0.655. The molecular weight excluding hydrogens is 484 g/mol. The van der Waals surface area contributed by atoms with E-state index in [1.165, 1.54) is 42.2 Å². The first-order valence-corrected chi connectivity index (χ1v) is 14.9. The summed E-state index contributed by atoms with van der Waals surface area (Å²) in [6.07, 6.45) is 8.77. The molecule has 4 saturated carbocycles. The SMILES string of the molecule is CCOC(=O)C(C)Sc1nnc(CNC(=O)C23CC4CC(CC(C4)C2)C3)n1-c1c(CC)cccc1CC. The molecular formula is C29H40N4O3S. The van der Waals surface area contributed by atoms with Crippen LogP contribution in [-0.4, -0.2) is 38.5 Å². The predicted octanol–water partition coefficient (Wildman–Crippen LogP) is 5.27. The first kappa shape index (κ1) is 26.3. The minimum atomic E-state index is -0.420. The third kappa shape index (κ3) is 5.06. The third-order valence-corrected chi connectivity index (χ3v) is 9.74. The van der Waals surface area contributed by atoms with E-state index in [1.807, 2.05) is 13.8 Å². The van der Waals surface area contributed by atoms with Crippen LogP contribution in [0, 0.1) is 23.2 Å². The summed E-state index contributed by atoms with van der Waals surface area (Å²) in [5.74, 6) is 2.78. The van der Waals surface area contributed by atoms with E-state index in [2.05, 4.69) is 52.1 Å². The molecule has 1 aromatic carbocycles. The first-order valence-electron chi connectivity index (χ1n) is 14.0. The number of hydrogen-bond acceptors (Lipinski definition) is 6. The monoisotopic (exact) mass is 524 g/mol. The Bertz CT molecular complexity index is 1100. The fourth-order valence-electron chi connectivity index (χ4n) is 7.42. The number of nitrogens with one attached hydrogen (secondary N) is 1. The Kier molecular flexibility index (Phi) is 7.66. The largest absolute Gasteiger partial charge is 0.465 e. The molecule has 1 heterocycles. The second-order valence-electron chi connectivity index (χ2n) is 11.3. The van der Waals surface area contributed by atoms with Gasteiger partial charge in [-0.15, -0.1) is 10.2 Å². The molecule has 1 N–H and O–H groups in total. The van der Waals surface area contributed by atoms with Crippen molar-refractivity contribution in [3.63, 3.8) is 0 Å². The Morgan fingerprint density at radius 1 is 1.05 bits per heavy atom. The van der Waals surface area contributed by atoms with E-state index in [0.29, 0.717) is 24.1 Å². The van der Waals surface area contributed by atoms with Crippen molar-refractivity contribution in [2.24, 2.45) is 23.2 Å². The van der Waals surface area contributed by atoms with Gasteiger partial charge in [0, 0.05) is 5.41 Å². The van der Waals surface area contributed by atoms with Crippen LogP contribution in [-0.2, 0) is 33.7 Å². The zero-order valence-corrected chi connectivity index (χ0v) is 23.4. The van der Waals surface area contributed by atoms with E-state index >= 15 is 0 Å². The minimum absolute atomic E-state index is 0.190. The maximum absolute atomic E-state index is 13.7. The highest BCUT2D eigenvalue weighted by atomic mass is 32.2. The van der Waals surface area contributed by atoms with Crippen LogP contribution in [0.15, 0.2) is 23.4 Å². The van der Waals surface area contributed by atoms with E-state index in [1.54, 1.807) is 0 Å². The lowest BCUT2D eigenvalue weighted by Gasteiger charge is -2.55. The Labute approximate surface area is 224 Å². The zero-order valence-electron chi connectivity index (χ0n) is 22.6. The maximum Gasteiger partial charge on any atom is 0.319 e. The number of thioether (sulfide) groups is 1. The van der Waals surface area contributed by atoms with Crippen molar-refractivity contribution in [1.29, 1.82) is 0 Å². The van der Waals surface area contributed by atoms with Crippen LogP contribution in [0.25, 0.3) is 5.69 Å². The number of carbonyl (C=O) groups is 2. The highest BCUT2D eigenvalue weighted by Crippen LogP contribution is 2.60. The fourth-order valence-corrected chi connectivity index (χ4v) is 8.29. The molecule has 7 nitrogen and oxygen atoms in total. The number of carbonyl (C=O) groups excluding carboxylic acids is 2. The molecule has 37 heavy (non-hydrogen) atoms. The average molecular weight is 525 g/mol. The van der Waals surface area contributed by atoms with Crippen molar-refractivity contribution in [2.75, 3.05) is 6.61 Å². The van der Waals surface area contributed by atoms with Gasteiger partial charge in [-0.25, -0.2) is 0 Å². The number of rotatable bonds is 10. The maximum atomic E-state index is 13.7. The molecule has 4 bridgehead atoms. The third-order valence-electron chi connectivity index (χ3n) is 8.72. The molecule has 2 aromatic rings. The number of para-hydroxylation sites is 1. The topological polar surface area (TPSA) is 86.1 Å². The van der Waals surface area contributed by atoms with Crippen molar-refractivity contribution in [2.45, 2.75) is 96.0 Å². The number of hydrogen-bond donors (Lipinski definition) is 1. The molecule has 1 amide bonds. The Hall–Kier alpha value is -2.35. The Morgan fingerprint density at radius 2 is 1.65 bits per heavy atom. The van der Waals surface area contributed by atoms with Gasteiger partial charge in [-0.3, -0.25) is 14.2 Å². The van der Waals surface area contributed by atoms with Gasteiger partial charge in [0.15, 0.2) is 11.0 Å². The summed E-state index contributed by atoms with van der Waals surface area (Å²) in [7, 11) is 0. The van der Waals surface area contributed by atoms with E-state index in [9.17, 15) is 9.59 Å². The standard InChI is InChI=1S/C29H40N4O3S/c1-5-22-9-8-10-23(6-2)25(22)33-24(31-32-28(33)37-18(4)26(34)36-7-3)17-30-27(35)29-14-19-11-20(15-29)13-21(12-19)16-29/h8-10,18-21H,5-7,11-17H2,1-4H3,(H,30,35). The zero-order chi connectivity index (χ0) is 26.2. The van der Waals surface area contributed by atoms with Crippen molar-refractivity contribution >= 4 is 23.6 Å². The van der Waals surface area contributed by atoms with Crippen LogP contribution in [0.5, 0.6) is 0 Å². The van der Waals surface area contributed by atoms with Gasteiger partial charge in [0.2, 0.25) is 5.91 Å². The molecule has 200 valence electrons. The summed E-state index contributed by atoms with van der Waals surface area (Å²) in [6.45, 7) is 8.60. The van der Waals surface area contributed by atoms with Crippen LogP contribution in [0.3, 0.4) is 0 Å². The Morgan fingerprint density at radius 3 is 2.19 bits per heavy atom. The summed E-state index contributed by atoms with van der Waals surface area (Å²) in [5, 5.41) is 12.6. The summed E-state index contributed by atoms with van der Waals surface area (Å²) in [4.78, 5) is 26.1. The Balaban J connectivity index is 1.44. The molecule has 6 rings (SSSR count). The molecule has 0 saturated heterocycles. The van der Waals surface area contributed by atoms with E-state index < -0.39 is 5.25 Å².